The lowest BCUT2D eigenvalue weighted by Crippen LogP contribution is -2.39. The van der Waals surface area contributed by atoms with Crippen molar-refractivity contribution in [2.45, 2.75) is 30.5 Å². The van der Waals surface area contributed by atoms with Crippen LogP contribution in [-0.2, 0) is 4.79 Å². The number of carbonyl (C=O) groups excluding carboxylic acids is 1. The maximum absolute atomic E-state index is 11.2. The largest absolute Gasteiger partial charge is 0.369 e. The molecule has 2 fully saturated rings. The van der Waals surface area contributed by atoms with Gasteiger partial charge in [-0.05, 0) is 31.6 Å². The van der Waals surface area contributed by atoms with Gasteiger partial charge < -0.3 is 5.73 Å². The van der Waals surface area contributed by atoms with Crippen LogP contribution in [-0.4, -0.2) is 10.7 Å². The summed E-state index contributed by atoms with van der Waals surface area (Å²) in [5, 5.41) is 0. The Labute approximate surface area is 74.7 Å². The molecule has 0 unspecified atom stereocenters. The lowest BCUT2D eigenvalue weighted by atomic mass is 9.83. The van der Waals surface area contributed by atoms with Gasteiger partial charge in [0.15, 0.2) is 0 Å². The summed E-state index contributed by atoms with van der Waals surface area (Å²) in [6.07, 6.45) is 4.37. The number of alkyl halides is 1. The van der Waals surface area contributed by atoms with Gasteiger partial charge in [-0.15, -0.1) is 0 Å². The fourth-order valence-electron chi connectivity index (χ4n) is 2.56. The van der Waals surface area contributed by atoms with Gasteiger partial charge >= 0.3 is 0 Å². The first-order chi connectivity index (χ1) is 5.15. The van der Waals surface area contributed by atoms with Gasteiger partial charge in [0.2, 0.25) is 5.91 Å². The predicted molar refractivity (Wildman–Crippen MR) is 46.3 cm³/mol. The zero-order valence-corrected chi connectivity index (χ0v) is 7.93. The SMILES string of the molecule is NC(=O)[C@]12CC[C@H](C[C@H]1Br)C2. The van der Waals surface area contributed by atoms with E-state index in [0.717, 1.165) is 25.2 Å². The number of hydrogen-bond donors (Lipinski definition) is 1. The maximum Gasteiger partial charge on any atom is 0.224 e. The van der Waals surface area contributed by atoms with Crippen LogP contribution in [0.25, 0.3) is 0 Å². The van der Waals surface area contributed by atoms with Crippen LogP contribution in [0.2, 0.25) is 0 Å². The first-order valence-electron chi connectivity index (χ1n) is 4.09. The fraction of sp³-hybridized carbons (Fsp3) is 0.875. The molecule has 2 N–H and O–H groups in total. The van der Waals surface area contributed by atoms with E-state index >= 15 is 0 Å². The van der Waals surface area contributed by atoms with E-state index < -0.39 is 0 Å². The minimum atomic E-state index is -0.176. The number of halogens is 1. The van der Waals surface area contributed by atoms with Gasteiger partial charge in [0, 0.05) is 4.83 Å². The van der Waals surface area contributed by atoms with Crippen LogP contribution in [0.5, 0.6) is 0 Å². The summed E-state index contributed by atoms with van der Waals surface area (Å²) in [5.74, 6) is 0.659. The molecule has 0 radical (unpaired) electrons. The van der Waals surface area contributed by atoms with Crippen LogP contribution in [0.4, 0.5) is 0 Å². The van der Waals surface area contributed by atoms with Crippen molar-refractivity contribution >= 4 is 21.8 Å². The molecule has 0 aromatic carbocycles. The Morgan fingerprint density at radius 2 is 2.36 bits per heavy atom. The third-order valence-corrected chi connectivity index (χ3v) is 4.53. The minimum absolute atomic E-state index is 0.0978. The molecular formula is C8H12BrNO. The second-order valence-corrected chi connectivity index (χ2v) is 4.94. The van der Waals surface area contributed by atoms with Crippen LogP contribution in [0.15, 0.2) is 0 Å². The Morgan fingerprint density at radius 3 is 2.64 bits per heavy atom. The molecule has 11 heavy (non-hydrogen) atoms. The van der Waals surface area contributed by atoms with Crippen molar-refractivity contribution in [2.75, 3.05) is 0 Å². The molecule has 0 aromatic heterocycles. The molecule has 0 saturated heterocycles. The van der Waals surface area contributed by atoms with Crippen molar-refractivity contribution in [3.63, 3.8) is 0 Å². The second kappa shape index (κ2) is 2.22. The Hall–Kier alpha value is -0.0500. The van der Waals surface area contributed by atoms with E-state index in [0.29, 0.717) is 4.83 Å². The normalized spacial score (nSPS) is 48.1. The van der Waals surface area contributed by atoms with Crippen molar-refractivity contribution in [1.29, 1.82) is 0 Å². The number of hydrogen-bond acceptors (Lipinski definition) is 1. The molecule has 3 heteroatoms. The second-order valence-electron chi connectivity index (χ2n) is 3.83. The third-order valence-electron chi connectivity index (χ3n) is 3.28. The van der Waals surface area contributed by atoms with E-state index in [2.05, 4.69) is 15.9 Å². The van der Waals surface area contributed by atoms with Crippen LogP contribution < -0.4 is 5.73 Å². The van der Waals surface area contributed by atoms with E-state index in [1.807, 2.05) is 0 Å². The molecule has 2 rings (SSSR count). The van der Waals surface area contributed by atoms with Crippen molar-refractivity contribution < 1.29 is 4.79 Å². The molecule has 2 saturated carbocycles. The molecule has 3 atom stereocenters. The summed E-state index contributed by atoms with van der Waals surface area (Å²) in [6.45, 7) is 0. The number of primary amides is 1. The van der Waals surface area contributed by atoms with E-state index in [9.17, 15) is 4.79 Å². The highest BCUT2D eigenvalue weighted by atomic mass is 79.9. The average molecular weight is 218 g/mol. The average Bonchev–Trinajstić information content (AvgIpc) is 2.43. The standard InChI is InChI=1S/C8H12BrNO/c9-6-3-5-1-2-8(6,4-5)7(10)11/h5-6H,1-4H2,(H2,10,11)/t5-,6-,8+/m1/s1. The Kier molecular flexibility index (Phi) is 1.53. The summed E-state index contributed by atoms with van der Waals surface area (Å²) in [6, 6.07) is 0. The quantitative estimate of drug-likeness (QED) is 0.664. The number of carbonyl (C=O) groups is 1. The number of nitrogens with two attached hydrogens (primary N) is 1. The summed E-state index contributed by atoms with van der Waals surface area (Å²) < 4.78 is 0. The molecule has 2 nitrogen and oxygen atoms in total. The predicted octanol–water partition coefficient (Wildman–Crippen LogP) is 1.43. The van der Waals surface area contributed by atoms with Gasteiger partial charge in [0.25, 0.3) is 0 Å². The first kappa shape index (κ1) is 7.59. The van der Waals surface area contributed by atoms with E-state index in [-0.39, 0.29) is 11.3 Å². The van der Waals surface area contributed by atoms with Crippen molar-refractivity contribution in [1.82, 2.24) is 0 Å². The number of amides is 1. The van der Waals surface area contributed by atoms with Crippen LogP contribution >= 0.6 is 15.9 Å². The summed E-state index contributed by atoms with van der Waals surface area (Å²) in [4.78, 5) is 11.5. The van der Waals surface area contributed by atoms with Gasteiger partial charge in [-0.25, -0.2) is 0 Å². The Bertz CT molecular complexity index is 206. The van der Waals surface area contributed by atoms with Gasteiger partial charge in [0.1, 0.15) is 0 Å². The molecule has 0 aliphatic heterocycles. The Balaban J connectivity index is 2.29. The Morgan fingerprint density at radius 1 is 1.64 bits per heavy atom. The number of rotatable bonds is 1. The lowest BCUT2D eigenvalue weighted by Gasteiger charge is -2.27. The summed E-state index contributed by atoms with van der Waals surface area (Å²) >= 11 is 3.55. The molecule has 0 heterocycles. The monoisotopic (exact) mass is 217 g/mol. The molecule has 0 spiro atoms. The molecule has 0 aromatic rings. The van der Waals surface area contributed by atoms with Crippen LogP contribution in [0.1, 0.15) is 25.7 Å². The minimum Gasteiger partial charge on any atom is -0.369 e. The molecule has 62 valence electrons. The topological polar surface area (TPSA) is 43.1 Å². The van der Waals surface area contributed by atoms with E-state index in [4.69, 9.17) is 5.73 Å². The van der Waals surface area contributed by atoms with Gasteiger partial charge in [-0.3, -0.25) is 4.79 Å². The van der Waals surface area contributed by atoms with Crippen molar-refractivity contribution in [3.8, 4) is 0 Å². The zero-order chi connectivity index (χ0) is 8.06. The van der Waals surface area contributed by atoms with E-state index in [1.165, 1.54) is 6.42 Å². The molecular weight excluding hydrogens is 206 g/mol. The highest BCUT2D eigenvalue weighted by Crippen LogP contribution is 2.56. The zero-order valence-electron chi connectivity index (χ0n) is 6.35. The lowest BCUT2D eigenvalue weighted by molar-refractivity contribution is -0.126. The van der Waals surface area contributed by atoms with Crippen molar-refractivity contribution in [2.24, 2.45) is 17.1 Å². The van der Waals surface area contributed by atoms with Gasteiger partial charge in [-0.2, -0.15) is 0 Å². The smallest absolute Gasteiger partial charge is 0.224 e. The van der Waals surface area contributed by atoms with Gasteiger partial charge in [0.05, 0.1) is 5.41 Å². The molecule has 2 aliphatic rings. The molecule has 1 amide bonds. The summed E-state index contributed by atoms with van der Waals surface area (Å²) in [5.41, 5.74) is 5.22. The first-order valence-corrected chi connectivity index (χ1v) is 5.01. The number of fused-ring (bicyclic) bond motifs is 2. The van der Waals surface area contributed by atoms with E-state index in [1.54, 1.807) is 0 Å². The summed E-state index contributed by atoms with van der Waals surface area (Å²) in [7, 11) is 0. The maximum atomic E-state index is 11.2. The van der Waals surface area contributed by atoms with Crippen molar-refractivity contribution in [3.05, 3.63) is 0 Å². The highest BCUT2D eigenvalue weighted by molar-refractivity contribution is 9.09. The fourth-order valence-corrected chi connectivity index (χ4v) is 3.73. The van der Waals surface area contributed by atoms with Crippen LogP contribution in [0, 0.1) is 11.3 Å². The highest BCUT2D eigenvalue weighted by Gasteiger charge is 2.54. The van der Waals surface area contributed by atoms with Crippen LogP contribution in [0.3, 0.4) is 0 Å². The molecule has 2 aliphatic carbocycles. The third kappa shape index (κ3) is 0.866. The van der Waals surface area contributed by atoms with Gasteiger partial charge in [-0.1, -0.05) is 15.9 Å². The molecule has 2 bridgehead atoms.